The Labute approximate surface area is 116 Å². The Bertz CT molecular complexity index is 690. The van der Waals surface area contributed by atoms with Gasteiger partial charge in [-0.25, -0.2) is 0 Å². The third-order valence-corrected chi connectivity index (χ3v) is 4.24. The van der Waals surface area contributed by atoms with Gasteiger partial charge in [-0.3, -0.25) is 0 Å². The number of nitrogens with two attached hydrogens (primary N) is 1. The monoisotopic (exact) mass is 272 g/mol. The summed E-state index contributed by atoms with van der Waals surface area (Å²) in [5.74, 6) is 3.20. The van der Waals surface area contributed by atoms with E-state index in [2.05, 4.69) is 19.0 Å². The Morgan fingerprint density at radius 2 is 2.00 bits per heavy atom. The zero-order valence-electron chi connectivity index (χ0n) is 11.5. The van der Waals surface area contributed by atoms with Crippen molar-refractivity contribution in [2.45, 2.75) is 26.2 Å². The first-order chi connectivity index (χ1) is 9.56. The fourth-order valence-electron chi connectivity index (χ4n) is 2.81. The third kappa shape index (κ3) is 1.59. The van der Waals surface area contributed by atoms with Crippen molar-refractivity contribution in [3.8, 4) is 22.6 Å². The Hall–Kier alpha value is -2.17. The van der Waals surface area contributed by atoms with Crippen molar-refractivity contribution < 1.29 is 14.0 Å². The molecule has 5 nitrogen and oxygen atoms in total. The predicted octanol–water partition coefficient (Wildman–Crippen LogP) is 3.17. The first-order valence-corrected chi connectivity index (χ1v) is 6.71. The van der Waals surface area contributed by atoms with Crippen LogP contribution in [0.2, 0.25) is 0 Å². The van der Waals surface area contributed by atoms with Crippen molar-refractivity contribution >= 4 is 5.82 Å². The summed E-state index contributed by atoms with van der Waals surface area (Å²) in [6.07, 6.45) is 1.10. The van der Waals surface area contributed by atoms with Crippen LogP contribution in [0.1, 0.15) is 31.9 Å². The minimum Gasteiger partial charge on any atom is -0.454 e. The quantitative estimate of drug-likeness (QED) is 0.909. The molecule has 2 aromatic rings. The Morgan fingerprint density at radius 1 is 1.25 bits per heavy atom. The van der Waals surface area contributed by atoms with Gasteiger partial charge in [0.1, 0.15) is 5.76 Å². The maximum atomic E-state index is 6.00. The van der Waals surface area contributed by atoms with Crippen LogP contribution in [0.5, 0.6) is 11.5 Å². The van der Waals surface area contributed by atoms with Crippen LogP contribution in [0, 0.1) is 5.41 Å². The van der Waals surface area contributed by atoms with Gasteiger partial charge in [0.2, 0.25) is 6.79 Å². The number of rotatable bonds is 2. The molecule has 2 aliphatic rings. The number of benzene rings is 1. The molecule has 0 bridgehead atoms. The van der Waals surface area contributed by atoms with Crippen LogP contribution >= 0.6 is 0 Å². The molecule has 1 saturated carbocycles. The maximum absolute atomic E-state index is 6.00. The van der Waals surface area contributed by atoms with Crippen molar-refractivity contribution in [3.05, 3.63) is 24.0 Å². The zero-order valence-corrected chi connectivity index (χ0v) is 11.5. The lowest BCUT2D eigenvalue weighted by Crippen LogP contribution is -1.93. The topological polar surface area (TPSA) is 70.5 Å². The van der Waals surface area contributed by atoms with Crippen LogP contribution in [-0.2, 0) is 0 Å². The smallest absolute Gasteiger partial charge is 0.231 e. The molecule has 1 aliphatic carbocycles. The van der Waals surface area contributed by atoms with E-state index >= 15 is 0 Å². The van der Waals surface area contributed by atoms with Gasteiger partial charge in [-0.1, -0.05) is 25.1 Å². The second kappa shape index (κ2) is 3.69. The van der Waals surface area contributed by atoms with E-state index in [0.29, 0.717) is 11.7 Å². The highest BCUT2D eigenvalue weighted by molar-refractivity contribution is 5.78. The van der Waals surface area contributed by atoms with Gasteiger partial charge in [0.25, 0.3) is 0 Å². The summed E-state index contributed by atoms with van der Waals surface area (Å²) in [6, 6.07) is 5.80. The van der Waals surface area contributed by atoms with Gasteiger partial charge in [0.05, 0.1) is 5.56 Å². The molecule has 1 aliphatic heterocycles. The zero-order chi connectivity index (χ0) is 13.9. The number of ether oxygens (including phenoxy) is 2. The molecule has 0 radical (unpaired) electrons. The highest BCUT2D eigenvalue weighted by Gasteiger charge is 2.50. The van der Waals surface area contributed by atoms with Crippen LogP contribution in [0.4, 0.5) is 5.82 Å². The molecule has 104 valence electrons. The van der Waals surface area contributed by atoms with Crippen molar-refractivity contribution in [2.24, 2.45) is 5.41 Å². The molecular weight excluding hydrogens is 256 g/mol. The van der Waals surface area contributed by atoms with E-state index < -0.39 is 0 Å². The number of fused-ring (bicyclic) bond motifs is 1. The van der Waals surface area contributed by atoms with Crippen LogP contribution in [0.3, 0.4) is 0 Å². The normalized spacial score (nSPS) is 22.0. The van der Waals surface area contributed by atoms with E-state index in [-0.39, 0.29) is 12.2 Å². The minimum atomic E-state index is 0.261. The average molecular weight is 272 g/mol. The van der Waals surface area contributed by atoms with Crippen molar-refractivity contribution in [1.29, 1.82) is 0 Å². The Balaban J connectivity index is 1.81. The molecule has 0 amide bonds. The van der Waals surface area contributed by atoms with E-state index in [1.807, 2.05) is 18.2 Å². The number of hydrogen-bond donors (Lipinski definition) is 1. The molecule has 20 heavy (non-hydrogen) atoms. The minimum absolute atomic E-state index is 0.261. The van der Waals surface area contributed by atoms with Gasteiger partial charge < -0.3 is 19.7 Å². The molecule has 1 aromatic carbocycles. The molecule has 0 saturated heterocycles. The first kappa shape index (κ1) is 11.6. The second-order valence-corrected chi connectivity index (χ2v) is 6.12. The molecular formula is C15H16N2O3. The molecule has 1 unspecified atom stereocenters. The van der Waals surface area contributed by atoms with E-state index in [1.165, 1.54) is 0 Å². The van der Waals surface area contributed by atoms with E-state index in [0.717, 1.165) is 34.8 Å². The van der Waals surface area contributed by atoms with Gasteiger partial charge in [0, 0.05) is 5.92 Å². The van der Waals surface area contributed by atoms with Crippen molar-refractivity contribution in [1.82, 2.24) is 5.16 Å². The summed E-state index contributed by atoms with van der Waals surface area (Å²) in [6.45, 7) is 4.71. The Kier molecular flexibility index (Phi) is 2.14. The second-order valence-electron chi connectivity index (χ2n) is 6.12. The number of nitrogens with zero attached hydrogens (tertiary/aromatic N) is 1. The average Bonchev–Trinajstić information content (AvgIpc) is 2.82. The molecule has 1 fully saturated rings. The van der Waals surface area contributed by atoms with Crippen LogP contribution < -0.4 is 15.2 Å². The highest BCUT2D eigenvalue weighted by atomic mass is 16.7. The van der Waals surface area contributed by atoms with Gasteiger partial charge >= 0.3 is 0 Å². The van der Waals surface area contributed by atoms with Gasteiger partial charge in [-0.15, -0.1) is 0 Å². The maximum Gasteiger partial charge on any atom is 0.231 e. The van der Waals surface area contributed by atoms with Crippen LogP contribution in [-0.4, -0.2) is 11.9 Å². The Morgan fingerprint density at radius 3 is 2.75 bits per heavy atom. The fraction of sp³-hybridized carbons (Fsp3) is 0.400. The molecule has 2 N–H and O–H groups in total. The summed E-state index contributed by atoms with van der Waals surface area (Å²) < 4.78 is 16.2. The fourth-order valence-corrected chi connectivity index (χ4v) is 2.81. The third-order valence-electron chi connectivity index (χ3n) is 4.24. The molecule has 2 heterocycles. The van der Waals surface area contributed by atoms with Crippen LogP contribution in [0.15, 0.2) is 22.7 Å². The lowest BCUT2D eigenvalue weighted by atomic mass is 10.00. The van der Waals surface area contributed by atoms with Crippen molar-refractivity contribution in [2.75, 3.05) is 12.5 Å². The van der Waals surface area contributed by atoms with Crippen molar-refractivity contribution in [3.63, 3.8) is 0 Å². The van der Waals surface area contributed by atoms with Gasteiger partial charge in [0.15, 0.2) is 17.3 Å². The van der Waals surface area contributed by atoms with E-state index in [9.17, 15) is 0 Å². The number of anilines is 1. The predicted molar refractivity (Wildman–Crippen MR) is 73.6 cm³/mol. The molecule has 0 spiro atoms. The molecule has 1 aromatic heterocycles. The lowest BCUT2D eigenvalue weighted by Gasteiger charge is -2.05. The standard InChI is InChI=1S/C15H16N2O3/c1-15(2)6-9(15)13-12(14(16)17-20-13)8-3-4-10-11(5-8)19-7-18-10/h3-5,9H,6-7H2,1-2H3,(H2,16,17). The molecule has 5 heteroatoms. The molecule has 1 atom stereocenters. The van der Waals surface area contributed by atoms with Crippen LogP contribution in [0.25, 0.3) is 11.1 Å². The SMILES string of the molecule is CC1(C)CC1c1onc(N)c1-c1ccc2c(c1)OCO2. The van der Waals surface area contributed by atoms with E-state index in [4.69, 9.17) is 19.7 Å². The summed E-state index contributed by atoms with van der Waals surface area (Å²) >= 11 is 0. The van der Waals surface area contributed by atoms with Gasteiger partial charge in [-0.2, -0.15) is 0 Å². The number of nitrogen functional groups attached to an aromatic ring is 1. The summed E-state index contributed by atoms with van der Waals surface area (Å²) in [5.41, 5.74) is 8.11. The van der Waals surface area contributed by atoms with E-state index in [1.54, 1.807) is 0 Å². The molecule has 4 rings (SSSR count). The number of hydrogen-bond acceptors (Lipinski definition) is 5. The highest BCUT2D eigenvalue weighted by Crippen LogP contribution is 2.61. The summed E-state index contributed by atoms with van der Waals surface area (Å²) in [4.78, 5) is 0. The largest absolute Gasteiger partial charge is 0.454 e. The lowest BCUT2D eigenvalue weighted by molar-refractivity contribution is 0.174. The summed E-state index contributed by atoms with van der Waals surface area (Å²) in [7, 11) is 0. The number of aromatic nitrogens is 1. The summed E-state index contributed by atoms with van der Waals surface area (Å²) in [5, 5.41) is 3.94. The first-order valence-electron chi connectivity index (χ1n) is 6.71. The van der Waals surface area contributed by atoms with Gasteiger partial charge in [-0.05, 0) is 29.5 Å².